The van der Waals surface area contributed by atoms with E-state index in [0.717, 1.165) is 15.6 Å². The Morgan fingerprint density at radius 3 is 2.78 bits per heavy atom. The quantitative estimate of drug-likeness (QED) is 0.330. The molecule has 6 heteroatoms. The van der Waals surface area contributed by atoms with Crippen LogP contribution in [-0.4, -0.2) is 11.9 Å². The van der Waals surface area contributed by atoms with Crippen LogP contribution in [0.4, 0.5) is 10.5 Å². The van der Waals surface area contributed by atoms with E-state index in [1.165, 1.54) is 0 Å². The van der Waals surface area contributed by atoms with Gasteiger partial charge >= 0.3 is 6.09 Å². The number of oxime groups is 1. The molecule has 0 aliphatic heterocycles. The molecule has 0 unspecified atom stereocenters. The molecule has 0 saturated carbocycles. The van der Waals surface area contributed by atoms with Crippen LogP contribution in [0.5, 0.6) is 0 Å². The molecule has 3 rings (SSSR count). The Morgan fingerprint density at radius 1 is 1.13 bits per heavy atom. The molecule has 1 aromatic heterocycles. The second kappa shape index (κ2) is 6.93. The highest BCUT2D eigenvalue weighted by atomic mass is 32.1. The number of fused-ring (bicyclic) bond motifs is 1. The summed E-state index contributed by atoms with van der Waals surface area (Å²) in [4.78, 5) is 17.8. The highest BCUT2D eigenvalue weighted by molar-refractivity contribution is 7.10. The number of nitrogens with zero attached hydrogens (tertiary/aromatic N) is 1. The number of nitrogens with one attached hydrogen (secondary N) is 1. The standard InChI is InChI=1S/C17H15N3O2S/c18-16(11-13-7-4-10-23-13)20-22-17(21)19-15-9-3-6-12-5-1-2-8-14(12)15/h1-10H,11H2,(H2,18,20)(H,19,21). The lowest BCUT2D eigenvalue weighted by molar-refractivity contribution is 0.166. The van der Waals surface area contributed by atoms with Gasteiger partial charge in [0.15, 0.2) is 0 Å². The Kier molecular flexibility index (Phi) is 4.54. The summed E-state index contributed by atoms with van der Waals surface area (Å²) >= 11 is 1.57. The molecule has 3 N–H and O–H groups in total. The van der Waals surface area contributed by atoms with Crippen molar-refractivity contribution in [2.45, 2.75) is 6.42 Å². The van der Waals surface area contributed by atoms with E-state index < -0.39 is 6.09 Å². The fraction of sp³-hybridized carbons (Fsp3) is 0.0588. The number of hydrogen-bond acceptors (Lipinski definition) is 4. The number of nitrogens with two attached hydrogens (primary N) is 1. The summed E-state index contributed by atoms with van der Waals surface area (Å²) in [6.45, 7) is 0. The van der Waals surface area contributed by atoms with Gasteiger partial charge in [0.2, 0.25) is 0 Å². The molecule has 0 spiro atoms. The first-order valence-electron chi connectivity index (χ1n) is 7.03. The maximum atomic E-state index is 11.9. The lowest BCUT2D eigenvalue weighted by atomic mass is 10.1. The van der Waals surface area contributed by atoms with Gasteiger partial charge in [-0.3, -0.25) is 10.2 Å². The van der Waals surface area contributed by atoms with Crippen molar-refractivity contribution in [2.24, 2.45) is 10.9 Å². The topological polar surface area (TPSA) is 76.7 Å². The lowest BCUT2D eigenvalue weighted by Crippen LogP contribution is -2.18. The Hall–Kier alpha value is -2.86. The molecule has 3 aromatic rings. The molecule has 116 valence electrons. The predicted molar refractivity (Wildman–Crippen MR) is 93.7 cm³/mol. The zero-order valence-corrected chi connectivity index (χ0v) is 13.0. The van der Waals surface area contributed by atoms with Crippen LogP contribution in [0.2, 0.25) is 0 Å². The van der Waals surface area contributed by atoms with Gasteiger partial charge in [-0.25, -0.2) is 4.79 Å². The molecular weight excluding hydrogens is 310 g/mol. The molecule has 2 aromatic carbocycles. The van der Waals surface area contributed by atoms with Crippen LogP contribution in [0.25, 0.3) is 10.8 Å². The molecule has 1 heterocycles. The number of carbonyl (C=O) groups is 1. The van der Waals surface area contributed by atoms with Crippen LogP contribution in [0, 0.1) is 0 Å². The maximum Gasteiger partial charge on any atom is 0.437 e. The molecule has 0 aliphatic rings. The summed E-state index contributed by atoms with van der Waals surface area (Å²) in [6.07, 6.45) is -0.213. The molecular formula is C17H15N3O2S. The minimum Gasteiger partial charge on any atom is -0.384 e. The second-order valence-corrected chi connectivity index (χ2v) is 5.90. The van der Waals surface area contributed by atoms with Crippen molar-refractivity contribution in [3.63, 3.8) is 0 Å². The van der Waals surface area contributed by atoms with Crippen molar-refractivity contribution >= 4 is 39.7 Å². The van der Waals surface area contributed by atoms with Crippen molar-refractivity contribution in [3.05, 3.63) is 64.9 Å². The van der Waals surface area contributed by atoms with Gasteiger partial charge in [-0.15, -0.1) is 11.3 Å². The number of benzene rings is 2. The van der Waals surface area contributed by atoms with E-state index in [0.29, 0.717) is 12.1 Å². The third-order valence-electron chi connectivity index (χ3n) is 3.21. The van der Waals surface area contributed by atoms with Gasteiger partial charge in [-0.2, -0.15) is 0 Å². The third-order valence-corrected chi connectivity index (χ3v) is 4.08. The summed E-state index contributed by atoms with van der Waals surface area (Å²) < 4.78 is 0. The average Bonchev–Trinajstić information content (AvgIpc) is 3.06. The molecule has 0 bridgehead atoms. The fourth-order valence-electron chi connectivity index (χ4n) is 2.19. The highest BCUT2D eigenvalue weighted by Gasteiger charge is 2.07. The molecule has 1 amide bonds. The van der Waals surface area contributed by atoms with Gasteiger partial charge in [-0.05, 0) is 22.9 Å². The monoisotopic (exact) mass is 325 g/mol. The van der Waals surface area contributed by atoms with Gasteiger partial charge in [0.05, 0.1) is 5.69 Å². The van der Waals surface area contributed by atoms with Crippen LogP contribution in [0.15, 0.2) is 65.1 Å². The number of carbonyl (C=O) groups excluding carboxylic acids is 1. The van der Waals surface area contributed by atoms with Crippen LogP contribution in [0.1, 0.15) is 4.88 Å². The van der Waals surface area contributed by atoms with Crippen molar-refractivity contribution in [3.8, 4) is 0 Å². The Bertz CT molecular complexity index is 839. The summed E-state index contributed by atoms with van der Waals surface area (Å²) in [5.41, 5.74) is 6.42. The predicted octanol–water partition coefficient (Wildman–Crippen LogP) is 3.96. The van der Waals surface area contributed by atoms with Crippen LogP contribution in [-0.2, 0) is 11.3 Å². The van der Waals surface area contributed by atoms with Crippen LogP contribution < -0.4 is 11.1 Å². The number of amidine groups is 1. The largest absolute Gasteiger partial charge is 0.437 e. The normalized spacial score (nSPS) is 11.4. The van der Waals surface area contributed by atoms with E-state index in [2.05, 4.69) is 10.5 Å². The molecule has 0 saturated heterocycles. The van der Waals surface area contributed by atoms with Crippen LogP contribution >= 0.6 is 11.3 Å². The second-order valence-electron chi connectivity index (χ2n) is 4.87. The third kappa shape index (κ3) is 3.87. The summed E-state index contributed by atoms with van der Waals surface area (Å²) in [7, 11) is 0. The molecule has 0 radical (unpaired) electrons. The van der Waals surface area contributed by atoms with E-state index in [1.54, 1.807) is 11.3 Å². The van der Waals surface area contributed by atoms with Gasteiger partial charge in [0, 0.05) is 16.7 Å². The van der Waals surface area contributed by atoms with E-state index in [4.69, 9.17) is 10.6 Å². The molecule has 23 heavy (non-hydrogen) atoms. The van der Waals surface area contributed by atoms with E-state index in [9.17, 15) is 4.79 Å². The number of thiophene rings is 1. The summed E-state index contributed by atoms with van der Waals surface area (Å²) in [6, 6.07) is 17.3. The zero-order chi connectivity index (χ0) is 16.1. The molecule has 0 fully saturated rings. The van der Waals surface area contributed by atoms with Crippen molar-refractivity contribution < 1.29 is 9.63 Å². The number of hydrogen-bond donors (Lipinski definition) is 2. The van der Waals surface area contributed by atoms with Crippen molar-refractivity contribution in [1.82, 2.24) is 0 Å². The first kappa shape index (κ1) is 15.1. The first-order chi connectivity index (χ1) is 11.2. The van der Waals surface area contributed by atoms with E-state index >= 15 is 0 Å². The van der Waals surface area contributed by atoms with E-state index in [-0.39, 0.29) is 5.84 Å². The average molecular weight is 325 g/mol. The van der Waals surface area contributed by atoms with Crippen molar-refractivity contribution in [1.29, 1.82) is 0 Å². The first-order valence-corrected chi connectivity index (χ1v) is 7.91. The minimum absolute atomic E-state index is 0.250. The SMILES string of the molecule is N/C(Cc1cccs1)=N\OC(=O)Nc1cccc2ccccc12. The number of rotatable bonds is 4. The Balaban J connectivity index is 1.64. The summed E-state index contributed by atoms with van der Waals surface area (Å²) in [5, 5.41) is 10.3. The number of anilines is 1. The molecule has 0 aliphatic carbocycles. The van der Waals surface area contributed by atoms with Gasteiger partial charge < -0.3 is 5.73 Å². The minimum atomic E-state index is -0.671. The highest BCUT2D eigenvalue weighted by Crippen LogP contribution is 2.23. The van der Waals surface area contributed by atoms with Gasteiger partial charge in [0.25, 0.3) is 0 Å². The smallest absolute Gasteiger partial charge is 0.384 e. The zero-order valence-electron chi connectivity index (χ0n) is 12.2. The van der Waals surface area contributed by atoms with Crippen molar-refractivity contribution in [2.75, 3.05) is 5.32 Å². The summed E-state index contributed by atoms with van der Waals surface area (Å²) in [5.74, 6) is 0.250. The van der Waals surface area contributed by atoms with Gasteiger partial charge in [-0.1, -0.05) is 47.6 Å². The Labute approximate surface area is 137 Å². The lowest BCUT2D eigenvalue weighted by Gasteiger charge is -2.07. The molecule has 5 nitrogen and oxygen atoms in total. The van der Waals surface area contributed by atoms with Gasteiger partial charge in [0.1, 0.15) is 5.84 Å². The van der Waals surface area contributed by atoms with Crippen LogP contribution in [0.3, 0.4) is 0 Å². The fourth-order valence-corrected chi connectivity index (χ4v) is 2.91. The van der Waals surface area contributed by atoms with E-state index in [1.807, 2.05) is 60.0 Å². The maximum absolute atomic E-state index is 11.9. The number of amides is 1. The molecule has 0 atom stereocenters. The Morgan fingerprint density at radius 2 is 1.96 bits per heavy atom.